The van der Waals surface area contributed by atoms with E-state index in [1.54, 1.807) is 41.3 Å². The Morgan fingerprint density at radius 3 is 2.78 bits per heavy atom. The van der Waals surface area contributed by atoms with Crippen molar-refractivity contribution in [2.45, 2.75) is 51.2 Å². The van der Waals surface area contributed by atoms with Gasteiger partial charge in [0.05, 0.1) is 30.7 Å². The first-order valence-electron chi connectivity index (χ1n) is 13.5. The lowest BCUT2D eigenvalue weighted by Gasteiger charge is -2.31. The molecule has 0 saturated carbocycles. The average molecular weight is 592 g/mol. The number of hydrogen-bond donors (Lipinski definition) is 2. The highest BCUT2D eigenvalue weighted by Gasteiger charge is 2.59. The number of carbonyl (C=O) groups excluding carboxylic acids is 1. The second kappa shape index (κ2) is 11.5. The molecule has 0 spiro atoms. The molecule has 3 aliphatic heterocycles. The van der Waals surface area contributed by atoms with Crippen molar-refractivity contribution >= 4 is 29.1 Å². The minimum Gasteiger partial charge on any atom is -0.481 e. The van der Waals surface area contributed by atoms with E-state index < -0.39 is 54.3 Å². The topological polar surface area (TPSA) is 107 Å². The minimum atomic E-state index is -3.09. The lowest BCUT2D eigenvalue weighted by atomic mass is 9.92. The number of aliphatic imine (C=N–C) groups is 1. The van der Waals surface area contributed by atoms with Crippen molar-refractivity contribution in [2.75, 3.05) is 32.8 Å². The molecule has 2 aromatic rings. The number of benzene rings is 1. The molecule has 0 radical (unpaired) electrons. The molecule has 1 aromatic carbocycles. The van der Waals surface area contributed by atoms with Crippen LogP contribution >= 0.6 is 11.3 Å². The quantitative estimate of drug-likeness (QED) is 0.426. The largest absolute Gasteiger partial charge is 0.481 e. The highest BCUT2D eigenvalue weighted by atomic mass is 32.1. The highest BCUT2D eigenvalue weighted by molar-refractivity contribution is 7.11. The van der Waals surface area contributed by atoms with Crippen LogP contribution in [-0.2, 0) is 14.3 Å². The van der Waals surface area contributed by atoms with E-state index in [9.17, 15) is 19.1 Å². The fourth-order valence-corrected chi connectivity index (χ4v) is 6.61. The van der Waals surface area contributed by atoms with Crippen LogP contribution in [0.25, 0.3) is 0 Å². The van der Waals surface area contributed by atoms with Crippen molar-refractivity contribution in [3.63, 3.8) is 0 Å². The third-order valence-electron chi connectivity index (χ3n) is 7.94. The van der Waals surface area contributed by atoms with Crippen LogP contribution in [0, 0.1) is 18.7 Å². The van der Waals surface area contributed by atoms with Gasteiger partial charge >= 0.3 is 11.9 Å². The van der Waals surface area contributed by atoms with Crippen LogP contribution in [0.15, 0.2) is 46.0 Å². The second-order valence-corrected chi connectivity index (χ2v) is 11.5. The summed E-state index contributed by atoms with van der Waals surface area (Å²) in [6, 6.07) is 1.90. The molecule has 4 heterocycles. The van der Waals surface area contributed by atoms with E-state index in [0.717, 1.165) is 0 Å². The Morgan fingerprint density at radius 2 is 2.10 bits per heavy atom. The molecule has 4 atom stereocenters. The van der Waals surface area contributed by atoms with Crippen molar-refractivity contribution in [3.05, 3.63) is 63.0 Å². The van der Waals surface area contributed by atoms with Gasteiger partial charge in [-0.3, -0.25) is 19.6 Å². The first-order valence-corrected chi connectivity index (χ1v) is 14.4. The zero-order valence-corrected chi connectivity index (χ0v) is 23.8. The van der Waals surface area contributed by atoms with E-state index in [4.69, 9.17) is 9.73 Å². The van der Waals surface area contributed by atoms with Crippen molar-refractivity contribution < 1.29 is 32.6 Å². The molecule has 0 bridgehead atoms. The van der Waals surface area contributed by atoms with Crippen LogP contribution in [0.5, 0.6) is 0 Å². The van der Waals surface area contributed by atoms with E-state index in [2.05, 4.69) is 10.3 Å². The number of aromatic nitrogens is 1. The smallest absolute Gasteiger partial charge is 0.338 e. The number of amidine groups is 1. The maximum absolute atomic E-state index is 15.5. The summed E-state index contributed by atoms with van der Waals surface area (Å²) in [5.41, 5.74) is 1.24. The first-order chi connectivity index (χ1) is 19.5. The number of carboxylic acid groups (broad SMARTS) is 1. The predicted molar refractivity (Wildman–Crippen MR) is 146 cm³/mol. The monoisotopic (exact) mass is 591 g/mol. The van der Waals surface area contributed by atoms with Crippen LogP contribution in [0.3, 0.4) is 0 Å². The molecule has 0 unspecified atom stereocenters. The van der Waals surface area contributed by atoms with Crippen LogP contribution in [0.2, 0.25) is 0 Å². The molecular formula is C28H32F3N5O4S. The number of esters is 1. The van der Waals surface area contributed by atoms with Gasteiger partial charge in [0.25, 0.3) is 5.92 Å². The molecule has 0 amide bonds. The molecule has 220 valence electrons. The van der Waals surface area contributed by atoms with Gasteiger partial charge in [-0.05, 0) is 37.5 Å². The third-order valence-corrected chi connectivity index (χ3v) is 8.72. The number of fused-ring (bicyclic) bond motifs is 1. The number of carboxylic acids is 1. The third kappa shape index (κ3) is 5.62. The molecule has 0 aliphatic carbocycles. The SMILES string of the molecule is CCOC(=O)C1=C(CN2CC(F)(F)[C@H]3[C@@H]2CCN3C[C@@H](C)C(=O)O)NC(c2nccs2)=N[C@H]1c1cccc(F)c1C. The zero-order chi connectivity index (χ0) is 29.5. The molecule has 2 N–H and O–H groups in total. The number of halogens is 3. The Morgan fingerprint density at radius 1 is 1.32 bits per heavy atom. The molecule has 41 heavy (non-hydrogen) atoms. The van der Waals surface area contributed by atoms with Crippen molar-refractivity contribution in [2.24, 2.45) is 10.9 Å². The summed E-state index contributed by atoms with van der Waals surface area (Å²) in [4.78, 5) is 37.1. The van der Waals surface area contributed by atoms with Gasteiger partial charge in [-0.25, -0.2) is 22.9 Å². The van der Waals surface area contributed by atoms with Crippen molar-refractivity contribution in [1.82, 2.24) is 20.1 Å². The number of nitrogens with zero attached hydrogens (tertiary/aromatic N) is 4. The van der Waals surface area contributed by atoms with E-state index in [1.165, 1.54) is 30.4 Å². The molecular weight excluding hydrogens is 559 g/mol. The van der Waals surface area contributed by atoms with E-state index >= 15 is 8.78 Å². The van der Waals surface area contributed by atoms with Gasteiger partial charge in [0, 0.05) is 43.0 Å². The molecule has 3 aliphatic rings. The number of carbonyl (C=O) groups is 2. The Hall–Kier alpha value is -3.29. The van der Waals surface area contributed by atoms with E-state index in [0.29, 0.717) is 40.6 Å². The highest BCUT2D eigenvalue weighted by Crippen LogP contribution is 2.43. The predicted octanol–water partition coefficient (Wildman–Crippen LogP) is 3.61. The van der Waals surface area contributed by atoms with Crippen molar-refractivity contribution in [3.8, 4) is 0 Å². The lowest BCUT2D eigenvalue weighted by molar-refractivity contribution is -0.142. The molecule has 9 nitrogen and oxygen atoms in total. The van der Waals surface area contributed by atoms with Gasteiger partial charge in [0.1, 0.15) is 11.9 Å². The second-order valence-electron chi connectivity index (χ2n) is 10.6. The molecule has 2 saturated heterocycles. The number of ether oxygens (including phenoxy) is 1. The van der Waals surface area contributed by atoms with Gasteiger partial charge in [-0.15, -0.1) is 11.3 Å². The van der Waals surface area contributed by atoms with Gasteiger partial charge < -0.3 is 15.2 Å². The first kappa shape index (κ1) is 29.2. The molecule has 5 rings (SSSR count). The number of alkyl halides is 2. The van der Waals surface area contributed by atoms with E-state index in [-0.39, 0.29) is 25.3 Å². The summed E-state index contributed by atoms with van der Waals surface area (Å²) in [7, 11) is 0. The van der Waals surface area contributed by atoms with E-state index in [1.807, 2.05) is 0 Å². The number of rotatable bonds is 9. The van der Waals surface area contributed by atoms with Crippen LogP contribution < -0.4 is 5.32 Å². The van der Waals surface area contributed by atoms with Crippen molar-refractivity contribution in [1.29, 1.82) is 0 Å². The zero-order valence-electron chi connectivity index (χ0n) is 22.9. The summed E-state index contributed by atoms with van der Waals surface area (Å²) in [5.74, 6) is -5.69. The molecule has 1 aromatic heterocycles. The Balaban J connectivity index is 1.54. The molecule has 2 fully saturated rings. The van der Waals surface area contributed by atoms with Crippen LogP contribution in [-0.4, -0.2) is 88.5 Å². The van der Waals surface area contributed by atoms with Crippen LogP contribution in [0.4, 0.5) is 13.2 Å². The number of thiazole rings is 1. The fraction of sp³-hybridized carbons (Fsp3) is 0.500. The number of aliphatic carboxylic acids is 1. The standard InChI is InChI=1S/C28H32F3N5O4S/c1-4-40-27(39)21-19(13-36-14-28(30,31)23-20(36)8-10-35(23)12-15(2)26(37)38)33-24(25-32-9-11-41-25)34-22(21)17-6-5-7-18(29)16(17)3/h5-7,9,11,15,20,22-23H,4,8,10,12-14H2,1-3H3,(H,33,34)(H,37,38)/t15-,20+,22+,23-/m1/s1. The summed E-state index contributed by atoms with van der Waals surface area (Å²) >= 11 is 1.32. The Kier molecular flexibility index (Phi) is 8.22. The van der Waals surface area contributed by atoms with Gasteiger partial charge in [0.2, 0.25) is 0 Å². The lowest BCUT2D eigenvalue weighted by Crippen LogP contribution is -2.47. The summed E-state index contributed by atoms with van der Waals surface area (Å²) in [6.45, 7) is 4.62. The van der Waals surface area contributed by atoms with Gasteiger partial charge in [0.15, 0.2) is 10.8 Å². The number of nitrogens with one attached hydrogen (secondary N) is 1. The summed E-state index contributed by atoms with van der Waals surface area (Å²) in [6.07, 6.45) is 2.03. The Bertz CT molecular complexity index is 1380. The minimum absolute atomic E-state index is 0.0245. The number of hydrogen-bond acceptors (Lipinski definition) is 9. The van der Waals surface area contributed by atoms with Crippen LogP contribution in [0.1, 0.15) is 42.4 Å². The number of likely N-dealkylation sites (tertiary alicyclic amines) is 2. The molecule has 13 heteroatoms. The maximum Gasteiger partial charge on any atom is 0.338 e. The normalized spacial score (nSPS) is 25.0. The summed E-state index contributed by atoms with van der Waals surface area (Å²) < 4.78 is 51.0. The van der Waals surface area contributed by atoms with Gasteiger partial charge in [-0.1, -0.05) is 19.1 Å². The maximum atomic E-state index is 15.5. The van der Waals surface area contributed by atoms with Gasteiger partial charge in [-0.2, -0.15) is 0 Å². The Labute approximate surface area is 239 Å². The average Bonchev–Trinajstić information content (AvgIpc) is 3.65. The fourth-order valence-electron chi connectivity index (χ4n) is 6.03. The summed E-state index contributed by atoms with van der Waals surface area (Å²) in [5, 5.41) is 14.8.